The first-order chi connectivity index (χ1) is 11.3. The van der Waals surface area contributed by atoms with Gasteiger partial charge in [-0.1, -0.05) is 6.07 Å². The molecule has 0 fully saturated rings. The number of halogens is 5. The third kappa shape index (κ3) is 4.94. The average molecular weight is 345 g/mol. The Morgan fingerprint density at radius 3 is 2.25 bits per heavy atom. The third-order valence-corrected chi connectivity index (χ3v) is 3.04. The van der Waals surface area contributed by atoms with Crippen LogP contribution in [-0.2, 0) is 17.5 Å². The quantitative estimate of drug-likeness (QED) is 0.840. The van der Waals surface area contributed by atoms with Crippen molar-refractivity contribution in [3.05, 3.63) is 65.2 Å². The molecule has 0 radical (unpaired) electrons. The Labute approximate surface area is 134 Å². The Kier molecular flexibility index (Phi) is 5.38. The Morgan fingerprint density at radius 2 is 1.62 bits per heavy atom. The highest BCUT2D eigenvalue weighted by atomic mass is 19.4. The number of amides is 1. The van der Waals surface area contributed by atoms with Gasteiger partial charge in [-0.3, -0.25) is 4.79 Å². The fourth-order valence-electron chi connectivity index (χ4n) is 1.89. The summed E-state index contributed by atoms with van der Waals surface area (Å²) in [5.41, 5.74) is -1.42. The summed E-state index contributed by atoms with van der Waals surface area (Å²) in [6, 6.07) is 7.11. The molecule has 2 aromatic rings. The third-order valence-electron chi connectivity index (χ3n) is 3.04. The normalized spacial score (nSPS) is 11.2. The second kappa shape index (κ2) is 7.29. The van der Waals surface area contributed by atoms with E-state index in [4.69, 9.17) is 4.74 Å². The Hall–Kier alpha value is -2.64. The summed E-state index contributed by atoms with van der Waals surface area (Å²) in [6.07, 6.45) is -4.73. The highest BCUT2D eigenvalue weighted by Gasteiger charge is 2.33. The topological polar surface area (TPSA) is 38.3 Å². The predicted molar refractivity (Wildman–Crippen MR) is 75.1 cm³/mol. The van der Waals surface area contributed by atoms with Crippen LogP contribution in [-0.4, -0.2) is 12.5 Å². The Bertz CT molecular complexity index is 713. The zero-order valence-corrected chi connectivity index (χ0v) is 12.2. The number of ether oxygens (including phenoxy) is 1. The Morgan fingerprint density at radius 1 is 1.00 bits per heavy atom. The van der Waals surface area contributed by atoms with Gasteiger partial charge in [0.2, 0.25) is 0 Å². The van der Waals surface area contributed by atoms with Gasteiger partial charge in [0.15, 0.2) is 6.61 Å². The van der Waals surface area contributed by atoms with Crippen LogP contribution in [0.4, 0.5) is 22.0 Å². The molecule has 0 aliphatic rings. The molecule has 0 spiro atoms. The van der Waals surface area contributed by atoms with E-state index in [1.54, 1.807) is 0 Å². The smallest absolute Gasteiger partial charge is 0.416 e. The molecule has 8 heteroatoms. The van der Waals surface area contributed by atoms with Crippen molar-refractivity contribution in [3.8, 4) is 5.75 Å². The number of carbonyl (C=O) groups excluding carboxylic acids is 1. The molecule has 128 valence electrons. The van der Waals surface area contributed by atoms with Crippen LogP contribution < -0.4 is 10.1 Å². The minimum Gasteiger partial charge on any atom is -0.484 e. The fraction of sp³-hybridized carbons (Fsp3) is 0.188. The lowest BCUT2D eigenvalue weighted by Gasteiger charge is -2.14. The number of nitrogens with one attached hydrogen (secondary N) is 1. The van der Waals surface area contributed by atoms with Gasteiger partial charge in [-0.25, -0.2) is 8.78 Å². The first-order valence-corrected chi connectivity index (χ1v) is 6.76. The van der Waals surface area contributed by atoms with E-state index in [9.17, 15) is 26.7 Å². The molecule has 1 amide bonds. The van der Waals surface area contributed by atoms with Crippen molar-refractivity contribution in [2.45, 2.75) is 12.7 Å². The van der Waals surface area contributed by atoms with Crippen molar-refractivity contribution >= 4 is 5.91 Å². The number of hydrogen-bond acceptors (Lipinski definition) is 2. The van der Waals surface area contributed by atoms with E-state index in [0.717, 1.165) is 24.3 Å². The number of carbonyl (C=O) groups is 1. The van der Waals surface area contributed by atoms with E-state index in [-0.39, 0.29) is 11.3 Å². The monoisotopic (exact) mass is 345 g/mol. The molecule has 2 rings (SSSR count). The van der Waals surface area contributed by atoms with Gasteiger partial charge in [0.25, 0.3) is 5.91 Å². The molecule has 0 atom stereocenters. The van der Waals surface area contributed by atoms with Crippen molar-refractivity contribution in [1.82, 2.24) is 5.32 Å². The van der Waals surface area contributed by atoms with Crippen molar-refractivity contribution in [2.75, 3.05) is 6.61 Å². The van der Waals surface area contributed by atoms with Crippen LogP contribution in [0.1, 0.15) is 11.1 Å². The summed E-state index contributed by atoms with van der Waals surface area (Å²) in [5.74, 6) is -1.92. The summed E-state index contributed by atoms with van der Waals surface area (Å²) < 4.78 is 69.2. The molecule has 1 N–H and O–H groups in total. The molecule has 0 unspecified atom stereocenters. The SMILES string of the molecule is O=C(COc1ccc(F)cc1)NCc1ccc(F)cc1C(F)(F)F. The summed E-state index contributed by atoms with van der Waals surface area (Å²) >= 11 is 0. The lowest BCUT2D eigenvalue weighted by Crippen LogP contribution is -2.29. The predicted octanol–water partition coefficient (Wildman–Crippen LogP) is 3.68. The second-order valence-corrected chi connectivity index (χ2v) is 4.82. The first kappa shape index (κ1) is 17.7. The van der Waals surface area contributed by atoms with Crippen LogP contribution in [0.3, 0.4) is 0 Å². The summed E-state index contributed by atoms with van der Waals surface area (Å²) in [4.78, 5) is 11.6. The van der Waals surface area contributed by atoms with Crippen LogP contribution in [0.2, 0.25) is 0 Å². The van der Waals surface area contributed by atoms with E-state index in [1.165, 1.54) is 12.1 Å². The molecule has 0 aromatic heterocycles. The van der Waals surface area contributed by atoms with Gasteiger partial charge < -0.3 is 10.1 Å². The number of rotatable bonds is 5. The first-order valence-electron chi connectivity index (χ1n) is 6.76. The molecule has 0 aliphatic heterocycles. The van der Waals surface area contributed by atoms with Gasteiger partial charge in [0.05, 0.1) is 5.56 Å². The van der Waals surface area contributed by atoms with Gasteiger partial charge in [-0.05, 0) is 42.0 Å². The van der Waals surface area contributed by atoms with Crippen LogP contribution >= 0.6 is 0 Å². The van der Waals surface area contributed by atoms with Gasteiger partial charge >= 0.3 is 6.18 Å². The molecule has 0 bridgehead atoms. The number of alkyl halides is 3. The van der Waals surface area contributed by atoms with Crippen LogP contribution in [0, 0.1) is 11.6 Å². The van der Waals surface area contributed by atoms with Crippen molar-refractivity contribution in [2.24, 2.45) is 0 Å². The van der Waals surface area contributed by atoms with E-state index >= 15 is 0 Å². The highest BCUT2D eigenvalue weighted by Crippen LogP contribution is 2.32. The Balaban J connectivity index is 1.93. The standard InChI is InChI=1S/C16H12F5NO2/c17-11-3-5-13(6-4-11)24-9-15(23)22-8-10-1-2-12(18)7-14(10)16(19,20)21/h1-7H,8-9H2,(H,22,23). The van der Waals surface area contributed by atoms with E-state index in [0.29, 0.717) is 6.07 Å². The van der Waals surface area contributed by atoms with E-state index in [1.807, 2.05) is 0 Å². The maximum atomic E-state index is 13.0. The minimum atomic E-state index is -4.73. The average Bonchev–Trinajstić information content (AvgIpc) is 2.52. The second-order valence-electron chi connectivity index (χ2n) is 4.82. The van der Waals surface area contributed by atoms with Crippen LogP contribution in [0.5, 0.6) is 5.75 Å². The van der Waals surface area contributed by atoms with Crippen LogP contribution in [0.15, 0.2) is 42.5 Å². The lowest BCUT2D eigenvalue weighted by molar-refractivity contribution is -0.138. The summed E-state index contributed by atoms with van der Waals surface area (Å²) in [5, 5.41) is 2.25. The summed E-state index contributed by atoms with van der Waals surface area (Å²) in [7, 11) is 0. The highest BCUT2D eigenvalue weighted by molar-refractivity contribution is 5.77. The van der Waals surface area contributed by atoms with Gasteiger partial charge in [0.1, 0.15) is 17.4 Å². The molecule has 0 saturated carbocycles. The molecular weight excluding hydrogens is 333 g/mol. The zero-order valence-electron chi connectivity index (χ0n) is 12.2. The number of hydrogen-bond donors (Lipinski definition) is 1. The fourth-order valence-corrected chi connectivity index (χ4v) is 1.89. The molecule has 0 heterocycles. The molecule has 0 aliphatic carbocycles. The molecule has 0 saturated heterocycles. The van der Waals surface area contributed by atoms with Crippen LogP contribution in [0.25, 0.3) is 0 Å². The van der Waals surface area contributed by atoms with Gasteiger partial charge in [-0.15, -0.1) is 0 Å². The van der Waals surface area contributed by atoms with Crippen molar-refractivity contribution < 1.29 is 31.5 Å². The van der Waals surface area contributed by atoms with E-state index < -0.39 is 42.4 Å². The minimum absolute atomic E-state index is 0.240. The zero-order chi connectivity index (χ0) is 17.7. The van der Waals surface area contributed by atoms with Crippen molar-refractivity contribution in [3.63, 3.8) is 0 Å². The molecule has 24 heavy (non-hydrogen) atoms. The lowest BCUT2D eigenvalue weighted by atomic mass is 10.1. The van der Waals surface area contributed by atoms with Crippen molar-refractivity contribution in [1.29, 1.82) is 0 Å². The molecule has 2 aromatic carbocycles. The maximum Gasteiger partial charge on any atom is 0.416 e. The molecule has 3 nitrogen and oxygen atoms in total. The number of benzene rings is 2. The van der Waals surface area contributed by atoms with Gasteiger partial charge in [-0.2, -0.15) is 13.2 Å². The largest absolute Gasteiger partial charge is 0.484 e. The summed E-state index contributed by atoms with van der Waals surface area (Å²) in [6.45, 7) is -0.880. The molecular formula is C16H12F5NO2. The maximum absolute atomic E-state index is 13.0. The van der Waals surface area contributed by atoms with Gasteiger partial charge in [0, 0.05) is 6.54 Å². The van der Waals surface area contributed by atoms with E-state index in [2.05, 4.69) is 5.32 Å².